The fraction of sp³-hybridized carbons (Fsp3) is 0.766. The maximum Gasteiger partial charge on any atom is 0.407 e. The van der Waals surface area contributed by atoms with E-state index >= 15 is 0 Å². The quantitative estimate of drug-likeness (QED) is 0.0628. The van der Waals surface area contributed by atoms with Gasteiger partial charge in [0.25, 0.3) is 5.91 Å². The maximum absolute atomic E-state index is 13.6. The number of rotatable bonds is 43. The largest absolute Gasteiger partial charge is 0.481 e. The van der Waals surface area contributed by atoms with E-state index in [-0.39, 0.29) is 50.5 Å². The number of alkyl carbamates (subject to hydrolysis) is 1. The van der Waals surface area contributed by atoms with Crippen molar-refractivity contribution in [2.45, 2.75) is 64.4 Å². The molecule has 1 saturated carbocycles. The van der Waals surface area contributed by atoms with Gasteiger partial charge in [-0.1, -0.05) is 6.92 Å². The Balaban J connectivity index is 0.895. The average molecular weight is 1020 g/mol. The Morgan fingerprint density at radius 3 is 1.67 bits per heavy atom. The highest BCUT2D eigenvalue weighted by Crippen LogP contribution is 2.37. The Morgan fingerprint density at radius 2 is 1.21 bits per heavy atom. The van der Waals surface area contributed by atoms with Crippen LogP contribution in [0.25, 0.3) is 6.08 Å². The molecule has 3 aliphatic rings. The minimum atomic E-state index is -0.883. The van der Waals surface area contributed by atoms with E-state index in [0.29, 0.717) is 175 Å². The Bertz CT molecular complexity index is 1690. The van der Waals surface area contributed by atoms with Gasteiger partial charge in [0.1, 0.15) is 11.9 Å². The summed E-state index contributed by atoms with van der Waals surface area (Å²) in [5, 5.41) is 12.5. The number of hydroxylamine groups is 2. The van der Waals surface area contributed by atoms with Crippen molar-refractivity contribution in [2.24, 2.45) is 16.6 Å². The third-order valence-electron chi connectivity index (χ3n) is 10.7. The highest BCUT2D eigenvalue weighted by Gasteiger charge is 2.31. The van der Waals surface area contributed by atoms with Crippen LogP contribution in [-0.2, 0) is 77.7 Å². The number of nitrogens with two attached hydrogens (primary N) is 1. The lowest BCUT2D eigenvalue weighted by molar-refractivity contribution is -0.181. The smallest absolute Gasteiger partial charge is 0.407 e. The van der Waals surface area contributed by atoms with Crippen LogP contribution >= 0.6 is 11.3 Å². The predicted octanol–water partition coefficient (Wildman–Crippen LogP) is 3.00. The predicted molar refractivity (Wildman–Crippen MR) is 257 cm³/mol. The van der Waals surface area contributed by atoms with Crippen LogP contribution in [0.3, 0.4) is 0 Å². The van der Waals surface area contributed by atoms with Gasteiger partial charge in [0.2, 0.25) is 5.91 Å². The summed E-state index contributed by atoms with van der Waals surface area (Å²) in [5.41, 5.74) is 7.48. The van der Waals surface area contributed by atoms with Crippen molar-refractivity contribution in [3.63, 3.8) is 0 Å². The van der Waals surface area contributed by atoms with Crippen molar-refractivity contribution in [1.82, 2.24) is 15.3 Å². The van der Waals surface area contributed by atoms with Crippen molar-refractivity contribution in [2.75, 3.05) is 165 Å². The highest BCUT2D eigenvalue weighted by molar-refractivity contribution is 7.13. The second-order valence-corrected chi connectivity index (χ2v) is 17.6. The summed E-state index contributed by atoms with van der Waals surface area (Å²) in [6, 6.07) is 2.02. The maximum atomic E-state index is 13.6. The summed E-state index contributed by atoms with van der Waals surface area (Å²) >= 11 is 1.58. The molecule has 1 aromatic heterocycles. The number of hydrogen-bond donors (Lipinski definition) is 3. The summed E-state index contributed by atoms with van der Waals surface area (Å²) < 4.78 is 59.8. The Labute approximate surface area is 415 Å². The number of hydrogen-bond acceptors (Lipinski definition) is 19. The molecule has 2 fully saturated rings. The van der Waals surface area contributed by atoms with Gasteiger partial charge >= 0.3 is 12.1 Å². The standard InChI is InChI=1S/C47H77N5O17S/c1-2-9-52(68-12-8-49-47(57)69-39-4-3-5-39)46(56)38-32-42-41(50-43(48)33-38)34-40(70-42)31-37-35-51(36-37)44(53)6-10-58-13-15-60-17-19-62-21-23-64-25-27-66-29-30-67-28-26-65-24-22-63-20-18-61-16-14-59-11-7-45(54)55/h32,34,37,39H,2-31,33,35-36H2,1H3,(H2,48,50)(H,49,57)(H,54,55). The number of carbonyl (C=O) groups excluding carboxylic acids is 3. The summed E-state index contributed by atoms with van der Waals surface area (Å²) in [7, 11) is 0. The van der Waals surface area contributed by atoms with Gasteiger partial charge in [-0.25, -0.2) is 14.9 Å². The molecule has 2 aliphatic heterocycles. The molecule has 70 heavy (non-hydrogen) atoms. The minimum Gasteiger partial charge on any atom is -0.481 e. The normalized spacial score (nSPS) is 14.8. The summed E-state index contributed by atoms with van der Waals surface area (Å²) in [6.45, 7) is 12.4. The first-order valence-electron chi connectivity index (χ1n) is 24.5. The van der Waals surface area contributed by atoms with E-state index in [4.69, 9.17) is 67.8 Å². The SMILES string of the molecule is CCCN(OCCNC(=O)OC1CCC1)C(=O)C1=Cc2sc(CC3CN(C(=O)CCOCCOCCOCCOCCOCCOCCOCCOCCOCCOCCC(=O)O)C3)cc2N=C(N)C1. The topological polar surface area (TPSA) is 256 Å². The molecule has 22 nitrogen and oxygen atoms in total. The third-order valence-corrected chi connectivity index (χ3v) is 11.8. The van der Waals surface area contributed by atoms with Crippen molar-refractivity contribution in [3.8, 4) is 0 Å². The molecule has 3 heterocycles. The van der Waals surface area contributed by atoms with Crippen LogP contribution in [0.5, 0.6) is 0 Å². The molecule has 4 rings (SSSR count). The number of nitrogens with one attached hydrogen (secondary N) is 1. The van der Waals surface area contributed by atoms with Crippen molar-refractivity contribution >= 4 is 52.8 Å². The van der Waals surface area contributed by atoms with Gasteiger partial charge in [0.15, 0.2) is 0 Å². The molecule has 4 N–H and O–H groups in total. The lowest BCUT2D eigenvalue weighted by Gasteiger charge is -2.39. The number of aliphatic carboxylic acids is 1. The van der Waals surface area contributed by atoms with E-state index in [2.05, 4.69) is 10.3 Å². The summed E-state index contributed by atoms with van der Waals surface area (Å²) in [6.07, 6.45) is 6.20. The molecular weight excluding hydrogens is 939 g/mol. The average Bonchev–Trinajstić information content (AvgIpc) is 3.60. The molecule has 1 saturated heterocycles. The highest BCUT2D eigenvalue weighted by atomic mass is 32.1. The van der Waals surface area contributed by atoms with Gasteiger partial charge in [0, 0.05) is 43.1 Å². The van der Waals surface area contributed by atoms with Gasteiger partial charge in [-0.15, -0.1) is 11.3 Å². The summed E-state index contributed by atoms with van der Waals surface area (Å²) in [5.74, 6) is -0.433. The fourth-order valence-corrected chi connectivity index (χ4v) is 7.98. The van der Waals surface area contributed by atoms with Crippen LogP contribution in [0.1, 0.15) is 61.6 Å². The molecule has 3 amide bonds. The number of fused-ring (bicyclic) bond motifs is 1. The fourth-order valence-electron chi connectivity index (χ4n) is 6.80. The van der Waals surface area contributed by atoms with Crippen LogP contribution in [0.2, 0.25) is 0 Å². The third kappa shape index (κ3) is 26.0. The van der Waals surface area contributed by atoms with Gasteiger partial charge < -0.3 is 73.2 Å². The number of carbonyl (C=O) groups is 4. The van der Waals surface area contributed by atoms with E-state index in [1.54, 1.807) is 11.3 Å². The van der Waals surface area contributed by atoms with E-state index in [1.165, 1.54) is 5.06 Å². The number of carboxylic acids is 1. The first-order chi connectivity index (χ1) is 34.2. The Morgan fingerprint density at radius 1 is 0.729 bits per heavy atom. The summed E-state index contributed by atoms with van der Waals surface area (Å²) in [4.78, 5) is 62.9. The Kier molecular flexibility index (Phi) is 31.0. The number of aliphatic imine (C=N–C) groups is 1. The van der Waals surface area contributed by atoms with Crippen molar-refractivity contribution in [3.05, 3.63) is 21.4 Å². The van der Waals surface area contributed by atoms with Gasteiger partial charge in [-0.2, -0.15) is 0 Å². The Hall–Kier alpha value is -3.85. The molecule has 0 atom stereocenters. The van der Waals surface area contributed by atoms with Gasteiger partial charge in [-0.3, -0.25) is 19.2 Å². The van der Waals surface area contributed by atoms with Gasteiger partial charge in [-0.05, 0) is 50.2 Å². The molecule has 1 aliphatic carbocycles. The zero-order chi connectivity index (χ0) is 49.9. The number of likely N-dealkylation sites (tertiary alicyclic amines) is 1. The van der Waals surface area contributed by atoms with E-state index in [1.807, 2.05) is 24.0 Å². The number of amides is 3. The van der Waals surface area contributed by atoms with Crippen LogP contribution in [0.4, 0.5) is 10.5 Å². The van der Waals surface area contributed by atoms with Crippen LogP contribution in [0, 0.1) is 5.92 Å². The molecule has 0 unspecified atom stereocenters. The number of amidine groups is 1. The van der Waals surface area contributed by atoms with Crippen molar-refractivity contribution in [1.29, 1.82) is 0 Å². The molecule has 0 radical (unpaired) electrons. The number of carboxylic acid groups (broad SMARTS) is 1. The van der Waals surface area contributed by atoms with Gasteiger partial charge in [0.05, 0.1) is 162 Å². The molecule has 1 aromatic rings. The van der Waals surface area contributed by atoms with E-state index < -0.39 is 12.1 Å². The molecule has 398 valence electrons. The number of nitrogens with zero attached hydrogens (tertiary/aromatic N) is 3. The van der Waals surface area contributed by atoms with Crippen molar-refractivity contribution < 1.29 is 81.2 Å². The van der Waals surface area contributed by atoms with Crippen LogP contribution in [-0.4, -0.2) is 216 Å². The zero-order valence-electron chi connectivity index (χ0n) is 41.0. The first kappa shape index (κ1) is 58.7. The lowest BCUT2D eigenvalue weighted by Crippen LogP contribution is -2.50. The molecule has 0 aromatic carbocycles. The second-order valence-electron chi connectivity index (χ2n) is 16.4. The van der Waals surface area contributed by atoms with Crippen LogP contribution < -0.4 is 11.1 Å². The monoisotopic (exact) mass is 1020 g/mol. The number of thiophene rings is 1. The minimum absolute atomic E-state index is 0.00819. The number of ether oxygens (including phenoxy) is 11. The van der Waals surface area contributed by atoms with E-state index in [0.717, 1.165) is 41.1 Å². The lowest BCUT2D eigenvalue weighted by atomic mass is 9.95. The van der Waals surface area contributed by atoms with Crippen LogP contribution in [0.15, 0.2) is 16.6 Å². The molecule has 0 spiro atoms. The molecule has 23 heteroatoms. The zero-order valence-corrected chi connectivity index (χ0v) is 41.8. The molecular formula is C47H77N5O17S. The second kappa shape index (κ2) is 37.0. The van der Waals surface area contributed by atoms with E-state index in [9.17, 15) is 19.2 Å². The molecule has 0 bridgehead atoms. The first-order valence-corrected chi connectivity index (χ1v) is 25.4.